The maximum atomic E-state index is 12.6. The number of amides is 1. The van der Waals surface area contributed by atoms with Crippen molar-refractivity contribution in [3.05, 3.63) is 18.0 Å². The molecule has 1 fully saturated rings. The summed E-state index contributed by atoms with van der Waals surface area (Å²) in [5.41, 5.74) is 1.17. The minimum Gasteiger partial charge on any atom is -0.343 e. The second kappa shape index (κ2) is 7.64. The number of hydrogen-bond donors (Lipinski definition) is 1. The molecule has 0 spiro atoms. The van der Waals surface area contributed by atoms with Crippen molar-refractivity contribution in [2.45, 2.75) is 26.2 Å². The maximum Gasteiger partial charge on any atom is 0.227 e. The molecule has 0 bridgehead atoms. The van der Waals surface area contributed by atoms with Gasteiger partial charge in [-0.15, -0.1) is 12.4 Å². The normalized spacial score (nSPS) is 21.6. The third kappa shape index (κ3) is 3.52. The first-order valence-electron chi connectivity index (χ1n) is 7.15. The molecule has 20 heavy (non-hydrogen) atoms. The zero-order chi connectivity index (χ0) is 13.8. The van der Waals surface area contributed by atoms with Crippen LogP contribution in [0.25, 0.3) is 0 Å². The van der Waals surface area contributed by atoms with Gasteiger partial charge in [0.25, 0.3) is 0 Å². The molecular formula is C14H25ClN4O. The van der Waals surface area contributed by atoms with Gasteiger partial charge in [0.2, 0.25) is 5.91 Å². The van der Waals surface area contributed by atoms with Crippen molar-refractivity contribution >= 4 is 18.3 Å². The first-order chi connectivity index (χ1) is 9.17. The van der Waals surface area contributed by atoms with Crippen LogP contribution in [-0.2, 0) is 11.8 Å². The van der Waals surface area contributed by atoms with Gasteiger partial charge >= 0.3 is 0 Å². The fraction of sp³-hybridized carbons (Fsp3) is 0.714. The van der Waals surface area contributed by atoms with E-state index in [1.54, 1.807) is 4.68 Å². The predicted octanol–water partition coefficient (Wildman–Crippen LogP) is 1.40. The number of halogens is 1. The molecule has 1 aromatic heterocycles. The Morgan fingerprint density at radius 2 is 2.25 bits per heavy atom. The van der Waals surface area contributed by atoms with Gasteiger partial charge in [-0.3, -0.25) is 9.48 Å². The first kappa shape index (κ1) is 17.0. The summed E-state index contributed by atoms with van der Waals surface area (Å²) in [6.07, 6.45) is 4.92. The molecule has 0 aromatic carbocycles. The molecule has 1 aromatic rings. The van der Waals surface area contributed by atoms with Crippen molar-refractivity contribution in [3.8, 4) is 0 Å². The van der Waals surface area contributed by atoms with Crippen LogP contribution in [-0.4, -0.2) is 46.8 Å². The molecule has 6 heteroatoms. The summed E-state index contributed by atoms with van der Waals surface area (Å²) in [6, 6.07) is 0. The Morgan fingerprint density at radius 3 is 2.80 bits per heavy atom. The zero-order valence-corrected chi connectivity index (χ0v) is 13.3. The van der Waals surface area contributed by atoms with Gasteiger partial charge in [0.15, 0.2) is 0 Å². The molecule has 1 N–H and O–H groups in total. The molecule has 0 saturated carbocycles. The molecule has 0 unspecified atom stereocenters. The Bertz CT molecular complexity index is 435. The molecule has 2 atom stereocenters. The summed E-state index contributed by atoms with van der Waals surface area (Å²) in [5.74, 6) is 0.589. The SMILES string of the molecule is CCCN(CC)C(=O)[C@H]1CNC[C@@H]1c1cnn(C)c1.Cl. The van der Waals surface area contributed by atoms with Crippen LogP contribution in [0.15, 0.2) is 12.4 Å². The van der Waals surface area contributed by atoms with Gasteiger partial charge in [0, 0.05) is 45.3 Å². The summed E-state index contributed by atoms with van der Waals surface area (Å²) in [7, 11) is 1.91. The van der Waals surface area contributed by atoms with Crippen LogP contribution in [0.3, 0.4) is 0 Å². The Morgan fingerprint density at radius 1 is 1.50 bits per heavy atom. The van der Waals surface area contributed by atoms with Gasteiger partial charge in [-0.2, -0.15) is 5.10 Å². The quantitative estimate of drug-likeness (QED) is 0.894. The summed E-state index contributed by atoms with van der Waals surface area (Å²) in [5, 5.41) is 7.57. The maximum absolute atomic E-state index is 12.6. The number of rotatable bonds is 5. The molecule has 1 saturated heterocycles. The van der Waals surface area contributed by atoms with Crippen LogP contribution < -0.4 is 5.32 Å². The minimum absolute atomic E-state index is 0. The summed E-state index contributed by atoms with van der Waals surface area (Å²) >= 11 is 0. The van der Waals surface area contributed by atoms with E-state index >= 15 is 0 Å². The number of carbonyl (C=O) groups is 1. The third-order valence-corrected chi connectivity index (χ3v) is 3.87. The minimum atomic E-state index is 0. The predicted molar refractivity (Wildman–Crippen MR) is 82.1 cm³/mol. The van der Waals surface area contributed by atoms with Crippen LogP contribution in [0.2, 0.25) is 0 Å². The average Bonchev–Trinajstić information content (AvgIpc) is 3.03. The highest BCUT2D eigenvalue weighted by molar-refractivity contribution is 5.85. The summed E-state index contributed by atoms with van der Waals surface area (Å²) < 4.78 is 1.80. The van der Waals surface area contributed by atoms with Crippen molar-refractivity contribution in [1.82, 2.24) is 20.0 Å². The summed E-state index contributed by atoms with van der Waals surface area (Å²) in [4.78, 5) is 14.6. The largest absolute Gasteiger partial charge is 0.343 e. The second-order valence-electron chi connectivity index (χ2n) is 5.24. The lowest BCUT2D eigenvalue weighted by Crippen LogP contribution is -2.39. The van der Waals surface area contributed by atoms with Gasteiger partial charge in [-0.25, -0.2) is 0 Å². The number of aromatic nitrogens is 2. The van der Waals surface area contributed by atoms with E-state index in [0.29, 0.717) is 0 Å². The Hall–Kier alpha value is -1.07. The Kier molecular flexibility index (Phi) is 6.49. The molecule has 2 heterocycles. The lowest BCUT2D eigenvalue weighted by Gasteiger charge is -2.26. The molecule has 1 aliphatic rings. The van der Waals surface area contributed by atoms with Gasteiger partial charge in [-0.05, 0) is 18.9 Å². The first-order valence-corrected chi connectivity index (χ1v) is 7.15. The lowest BCUT2D eigenvalue weighted by atomic mass is 9.89. The van der Waals surface area contributed by atoms with Crippen molar-refractivity contribution < 1.29 is 4.79 Å². The van der Waals surface area contributed by atoms with Crippen LogP contribution in [0.1, 0.15) is 31.7 Å². The van der Waals surface area contributed by atoms with Gasteiger partial charge in [-0.1, -0.05) is 6.92 Å². The van der Waals surface area contributed by atoms with Crippen molar-refractivity contribution in [2.24, 2.45) is 13.0 Å². The molecule has 0 radical (unpaired) electrons. The summed E-state index contributed by atoms with van der Waals surface area (Å²) in [6.45, 7) is 7.45. The van der Waals surface area contributed by atoms with E-state index in [9.17, 15) is 4.79 Å². The number of aryl methyl sites for hydroxylation is 1. The van der Waals surface area contributed by atoms with Crippen LogP contribution in [0.4, 0.5) is 0 Å². The second-order valence-corrected chi connectivity index (χ2v) is 5.24. The Labute approximate surface area is 127 Å². The van der Waals surface area contributed by atoms with Gasteiger partial charge < -0.3 is 10.2 Å². The van der Waals surface area contributed by atoms with E-state index in [1.165, 1.54) is 5.56 Å². The number of hydrogen-bond acceptors (Lipinski definition) is 3. The van der Waals surface area contributed by atoms with Crippen molar-refractivity contribution in [2.75, 3.05) is 26.2 Å². The van der Waals surface area contributed by atoms with Gasteiger partial charge in [0.1, 0.15) is 0 Å². The molecule has 2 rings (SSSR count). The zero-order valence-electron chi connectivity index (χ0n) is 12.5. The van der Waals surface area contributed by atoms with Crippen LogP contribution in [0, 0.1) is 5.92 Å². The van der Waals surface area contributed by atoms with Gasteiger partial charge in [0.05, 0.1) is 12.1 Å². The van der Waals surface area contributed by atoms with Crippen LogP contribution >= 0.6 is 12.4 Å². The lowest BCUT2D eigenvalue weighted by molar-refractivity contribution is -0.135. The van der Waals surface area contributed by atoms with E-state index < -0.39 is 0 Å². The highest BCUT2D eigenvalue weighted by atomic mass is 35.5. The molecule has 5 nitrogen and oxygen atoms in total. The van der Waals surface area contributed by atoms with Crippen molar-refractivity contribution in [1.29, 1.82) is 0 Å². The standard InChI is InChI=1S/C14H24N4O.ClH/c1-4-6-18(5-2)14(19)13-9-15-8-12(13)11-7-16-17(3)10-11;/h7,10,12-13,15H,4-6,8-9H2,1-3H3;1H/t12-,13+;/m1./s1. The molecular weight excluding hydrogens is 276 g/mol. The topological polar surface area (TPSA) is 50.2 Å². The van der Waals surface area contributed by atoms with Crippen molar-refractivity contribution in [3.63, 3.8) is 0 Å². The molecule has 114 valence electrons. The van der Waals surface area contributed by atoms with E-state index in [2.05, 4.69) is 24.3 Å². The highest BCUT2D eigenvalue weighted by Crippen LogP contribution is 2.29. The fourth-order valence-electron chi connectivity index (χ4n) is 2.85. The highest BCUT2D eigenvalue weighted by Gasteiger charge is 2.36. The number of nitrogens with one attached hydrogen (secondary N) is 1. The number of carbonyl (C=O) groups excluding carboxylic acids is 1. The third-order valence-electron chi connectivity index (χ3n) is 3.87. The average molecular weight is 301 g/mol. The smallest absolute Gasteiger partial charge is 0.227 e. The van der Waals surface area contributed by atoms with E-state index in [4.69, 9.17) is 0 Å². The molecule has 1 aliphatic heterocycles. The van der Waals surface area contributed by atoms with E-state index in [0.717, 1.165) is 32.6 Å². The number of nitrogens with zero attached hydrogens (tertiary/aromatic N) is 3. The molecule has 1 amide bonds. The molecule has 0 aliphatic carbocycles. The van der Waals surface area contributed by atoms with E-state index in [1.807, 2.05) is 24.3 Å². The fourth-order valence-corrected chi connectivity index (χ4v) is 2.85. The van der Waals surface area contributed by atoms with Crippen LogP contribution in [0.5, 0.6) is 0 Å². The van der Waals surface area contributed by atoms with E-state index in [-0.39, 0.29) is 30.2 Å². The monoisotopic (exact) mass is 300 g/mol. The Balaban J connectivity index is 0.00000200.